The Morgan fingerprint density at radius 1 is 0.650 bits per heavy atom. The molecular formula is C18H39NO. The Hall–Kier alpha value is -0.0800. The number of aliphatic hydroxyl groups excluding tert-OH is 1. The van der Waals surface area contributed by atoms with Gasteiger partial charge in [-0.3, -0.25) is 5.32 Å². The van der Waals surface area contributed by atoms with E-state index in [0.29, 0.717) is 0 Å². The zero-order chi connectivity index (χ0) is 14.9. The Morgan fingerprint density at radius 3 is 1.65 bits per heavy atom. The van der Waals surface area contributed by atoms with E-state index in [9.17, 15) is 5.11 Å². The van der Waals surface area contributed by atoms with E-state index in [1.54, 1.807) is 0 Å². The number of aliphatic hydroxyl groups is 1. The fraction of sp³-hybridized carbons (Fsp3) is 1.00. The average molecular weight is 286 g/mol. The van der Waals surface area contributed by atoms with Gasteiger partial charge in [-0.2, -0.15) is 0 Å². The molecule has 0 radical (unpaired) electrons. The van der Waals surface area contributed by atoms with E-state index in [0.717, 1.165) is 19.4 Å². The van der Waals surface area contributed by atoms with Gasteiger partial charge in [-0.25, -0.2) is 0 Å². The molecule has 2 heteroatoms. The van der Waals surface area contributed by atoms with Crippen molar-refractivity contribution in [1.29, 1.82) is 0 Å². The van der Waals surface area contributed by atoms with Gasteiger partial charge in [0.05, 0.1) is 0 Å². The fourth-order valence-electron chi connectivity index (χ4n) is 2.57. The molecule has 0 saturated heterocycles. The monoisotopic (exact) mass is 285 g/mol. The van der Waals surface area contributed by atoms with E-state index in [2.05, 4.69) is 19.2 Å². The van der Waals surface area contributed by atoms with Crippen molar-refractivity contribution in [2.75, 3.05) is 6.54 Å². The molecule has 0 spiro atoms. The molecule has 0 aromatic rings. The third kappa shape index (κ3) is 16.0. The highest BCUT2D eigenvalue weighted by atomic mass is 16.3. The summed E-state index contributed by atoms with van der Waals surface area (Å²) in [5.41, 5.74) is 0. The summed E-state index contributed by atoms with van der Waals surface area (Å²) in [5, 5.41) is 13.1. The first kappa shape index (κ1) is 19.9. The minimum absolute atomic E-state index is 0.277. The Bertz CT molecular complexity index is 155. The highest BCUT2D eigenvalue weighted by Crippen LogP contribution is 2.09. The van der Waals surface area contributed by atoms with E-state index < -0.39 is 0 Å². The lowest BCUT2D eigenvalue weighted by Gasteiger charge is -2.12. The predicted octanol–water partition coefficient (Wildman–Crippen LogP) is 5.40. The van der Waals surface area contributed by atoms with Gasteiger partial charge in [-0.1, -0.05) is 84.5 Å². The molecule has 1 atom stereocenters. The van der Waals surface area contributed by atoms with Crippen LogP contribution in [0.5, 0.6) is 0 Å². The van der Waals surface area contributed by atoms with E-state index >= 15 is 0 Å². The molecule has 0 rings (SSSR count). The number of rotatable bonds is 16. The third-order valence-corrected chi connectivity index (χ3v) is 3.99. The second-order valence-electron chi connectivity index (χ2n) is 6.15. The van der Waals surface area contributed by atoms with Crippen molar-refractivity contribution in [1.82, 2.24) is 5.32 Å². The maximum atomic E-state index is 9.82. The summed E-state index contributed by atoms with van der Waals surface area (Å²) in [4.78, 5) is 0. The summed E-state index contributed by atoms with van der Waals surface area (Å²) in [7, 11) is 0. The summed E-state index contributed by atoms with van der Waals surface area (Å²) < 4.78 is 0. The lowest BCUT2D eigenvalue weighted by molar-refractivity contribution is 0.124. The number of hydrogen-bond acceptors (Lipinski definition) is 2. The van der Waals surface area contributed by atoms with Gasteiger partial charge in [0, 0.05) is 0 Å². The van der Waals surface area contributed by atoms with Crippen molar-refractivity contribution in [2.24, 2.45) is 0 Å². The summed E-state index contributed by atoms with van der Waals surface area (Å²) in [6.45, 7) is 5.48. The maximum absolute atomic E-state index is 9.82. The largest absolute Gasteiger partial charge is 0.379 e. The van der Waals surface area contributed by atoms with Crippen molar-refractivity contribution < 1.29 is 5.11 Å². The van der Waals surface area contributed by atoms with Crippen molar-refractivity contribution in [3.05, 3.63) is 0 Å². The molecule has 2 N–H and O–H groups in total. The molecule has 0 heterocycles. The Morgan fingerprint density at radius 2 is 1.10 bits per heavy atom. The molecule has 0 aliphatic heterocycles. The molecule has 0 bridgehead atoms. The normalized spacial score (nSPS) is 12.8. The average Bonchev–Trinajstić information content (AvgIpc) is 2.45. The van der Waals surface area contributed by atoms with Gasteiger partial charge in [0.2, 0.25) is 0 Å². The van der Waals surface area contributed by atoms with E-state index in [1.165, 1.54) is 77.0 Å². The zero-order valence-corrected chi connectivity index (χ0v) is 14.1. The minimum atomic E-state index is -0.277. The van der Waals surface area contributed by atoms with Gasteiger partial charge < -0.3 is 5.11 Å². The van der Waals surface area contributed by atoms with Crippen LogP contribution in [0, 0.1) is 0 Å². The predicted molar refractivity (Wildman–Crippen MR) is 90.0 cm³/mol. The summed E-state index contributed by atoms with van der Waals surface area (Å²) >= 11 is 0. The molecule has 0 amide bonds. The minimum Gasteiger partial charge on any atom is -0.379 e. The first-order valence-corrected chi connectivity index (χ1v) is 9.22. The van der Waals surface area contributed by atoms with Gasteiger partial charge >= 0.3 is 0 Å². The molecule has 0 fully saturated rings. The first-order valence-electron chi connectivity index (χ1n) is 9.22. The Kier molecular flexibility index (Phi) is 16.9. The van der Waals surface area contributed by atoms with Crippen LogP contribution in [0.15, 0.2) is 0 Å². The van der Waals surface area contributed by atoms with Crippen LogP contribution in [-0.2, 0) is 0 Å². The second kappa shape index (κ2) is 17.0. The summed E-state index contributed by atoms with van der Waals surface area (Å²) in [6.07, 6.45) is 17.8. The highest BCUT2D eigenvalue weighted by Gasteiger charge is 2.02. The molecule has 0 aromatic carbocycles. The quantitative estimate of drug-likeness (QED) is 0.294. The molecular weight excluding hydrogens is 246 g/mol. The second-order valence-corrected chi connectivity index (χ2v) is 6.15. The van der Waals surface area contributed by atoms with Crippen LogP contribution >= 0.6 is 0 Å². The maximum Gasteiger partial charge on any atom is 0.104 e. The molecule has 122 valence electrons. The topological polar surface area (TPSA) is 32.3 Å². The SMILES string of the molecule is CCCCCCCCCC(O)NCCCCCCCC. The molecule has 0 aromatic heterocycles. The molecule has 1 unspecified atom stereocenters. The van der Waals surface area contributed by atoms with Crippen LogP contribution in [0.1, 0.15) is 104 Å². The fourth-order valence-corrected chi connectivity index (χ4v) is 2.57. The Balaban J connectivity index is 3.11. The van der Waals surface area contributed by atoms with Crippen LogP contribution in [0.3, 0.4) is 0 Å². The number of unbranched alkanes of at least 4 members (excludes halogenated alkanes) is 11. The highest BCUT2D eigenvalue weighted by molar-refractivity contribution is 4.56. The van der Waals surface area contributed by atoms with Crippen LogP contribution in [0.25, 0.3) is 0 Å². The van der Waals surface area contributed by atoms with Crippen LogP contribution < -0.4 is 5.32 Å². The van der Waals surface area contributed by atoms with Gasteiger partial charge in [0.25, 0.3) is 0 Å². The van der Waals surface area contributed by atoms with Crippen LogP contribution in [0.2, 0.25) is 0 Å². The van der Waals surface area contributed by atoms with Crippen molar-refractivity contribution in [3.8, 4) is 0 Å². The molecule has 0 aliphatic carbocycles. The van der Waals surface area contributed by atoms with Crippen LogP contribution in [-0.4, -0.2) is 17.9 Å². The third-order valence-electron chi connectivity index (χ3n) is 3.99. The lowest BCUT2D eigenvalue weighted by Crippen LogP contribution is -2.29. The van der Waals surface area contributed by atoms with Gasteiger partial charge in [0.1, 0.15) is 6.23 Å². The molecule has 20 heavy (non-hydrogen) atoms. The first-order chi connectivity index (χ1) is 9.81. The summed E-state index contributed by atoms with van der Waals surface area (Å²) in [5.74, 6) is 0. The smallest absolute Gasteiger partial charge is 0.104 e. The van der Waals surface area contributed by atoms with Gasteiger partial charge in [0.15, 0.2) is 0 Å². The van der Waals surface area contributed by atoms with Crippen molar-refractivity contribution in [3.63, 3.8) is 0 Å². The van der Waals surface area contributed by atoms with E-state index in [1.807, 2.05) is 0 Å². The number of hydrogen-bond donors (Lipinski definition) is 2. The molecule has 2 nitrogen and oxygen atoms in total. The van der Waals surface area contributed by atoms with Gasteiger partial charge in [-0.15, -0.1) is 0 Å². The Labute approximate surface area is 127 Å². The van der Waals surface area contributed by atoms with E-state index in [-0.39, 0.29) is 6.23 Å². The van der Waals surface area contributed by atoms with Gasteiger partial charge in [-0.05, 0) is 25.8 Å². The molecule has 0 aliphatic rings. The van der Waals surface area contributed by atoms with Crippen molar-refractivity contribution >= 4 is 0 Å². The van der Waals surface area contributed by atoms with Crippen molar-refractivity contribution in [2.45, 2.75) is 110 Å². The lowest BCUT2D eigenvalue weighted by atomic mass is 10.1. The number of nitrogens with one attached hydrogen (secondary N) is 1. The van der Waals surface area contributed by atoms with Crippen LogP contribution in [0.4, 0.5) is 0 Å². The standard InChI is InChI=1S/C18H39NO/c1-3-5-7-9-11-12-14-16-18(20)19-17-15-13-10-8-6-4-2/h18-20H,3-17H2,1-2H3. The zero-order valence-electron chi connectivity index (χ0n) is 14.1. The summed E-state index contributed by atoms with van der Waals surface area (Å²) in [6, 6.07) is 0. The molecule has 0 saturated carbocycles. The van der Waals surface area contributed by atoms with E-state index in [4.69, 9.17) is 0 Å².